The first kappa shape index (κ1) is 19.4. The van der Waals surface area contributed by atoms with Crippen LogP contribution >= 0.6 is 0 Å². The molecule has 2 rings (SSSR count). The molecule has 2 aromatic carbocycles. The molecule has 0 bridgehead atoms. The fraction of sp³-hybridized carbons (Fsp3) is 0.235. The van der Waals surface area contributed by atoms with E-state index in [1.54, 1.807) is 12.1 Å². The molecule has 0 radical (unpaired) electrons. The predicted octanol–water partition coefficient (Wildman–Crippen LogP) is 2.92. The van der Waals surface area contributed by atoms with Gasteiger partial charge in [-0.25, -0.2) is 8.42 Å². The first-order valence-electron chi connectivity index (χ1n) is 7.91. The highest BCUT2D eigenvalue weighted by molar-refractivity contribution is 7.92. The predicted molar refractivity (Wildman–Crippen MR) is 97.6 cm³/mol. The van der Waals surface area contributed by atoms with Crippen LogP contribution in [0.2, 0.25) is 0 Å². The average molecular weight is 377 g/mol. The van der Waals surface area contributed by atoms with Gasteiger partial charge in [0, 0.05) is 18.2 Å². The summed E-state index contributed by atoms with van der Waals surface area (Å²) in [6, 6.07) is 10.8. The van der Waals surface area contributed by atoms with Gasteiger partial charge in [-0.3, -0.25) is 19.6 Å². The van der Waals surface area contributed by atoms with Gasteiger partial charge in [-0.15, -0.1) is 0 Å². The molecule has 1 amide bonds. The number of non-ortho nitro benzene ring substituents is 1. The lowest BCUT2D eigenvalue weighted by Crippen LogP contribution is -2.32. The number of nitrogens with zero attached hydrogens (tertiary/aromatic N) is 1. The lowest BCUT2D eigenvalue weighted by molar-refractivity contribution is -0.385. The molecule has 0 aromatic heterocycles. The van der Waals surface area contributed by atoms with E-state index in [9.17, 15) is 23.3 Å². The SMILES string of the molecule is CC[C@H](C)NC(=O)c1ccccc1NS(=O)(=O)c1cccc([N+](=O)[O-])c1. The summed E-state index contributed by atoms with van der Waals surface area (Å²) in [4.78, 5) is 22.3. The van der Waals surface area contributed by atoms with Gasteiger partial charge >= 0.3 is 0 Å². The Hall–Kier alpha value is -2.94. The van der Waals surface area contributed by atoms with E-state index in [0.717, 1.165) is 12.5 Å². The van der Waals surface area contributed by atoms with E-state index in [0.29, 0.717) is 0 Å². The third-order valence-corrected chi connectivity index (χ3v) is 5.11. The van der Waals surface area contributed by atoms with Gasteiger partial charge in [0.25, 0.3) is 21.6 Å². The number of sulfonamides is 1. The molecule has 1 atom stereocenters. The van der Waals surface area contributed by atoms with E-state index in [-0.39, 0.29) is 27.9 Å². The summed E-state index contributed by atoms with van der Waals surface area (Å²) >= 11 is 0. The quantitative estimate of drug-likeness (QED) is 0.568. The maximum absolute atomic E-state index is 12.6. The molecule has 0 spiro atoms. The van der Waals surface area contributed by atoms with Crippen LogP contribution < -0.4 is 10.0 Å². The number of carbonyl (C=O) groups is 1. The fourth-order valence-electron chi connectivity index (χ4n) is 2.14. The molecule has 0 saturated carbocycles. The number of benzene rings is 2. The van der Waals surface area contributed by atoms with E-state index in [1.165, 1.54) is 30.3 Å². The van der Waals surface area contributed by atoms with Crippen LogP contribution in [0, 0.1) is 10.1 Å². The van der Waals surface area contributed by atoms with Crippen molar-refractivity contribution in [3.8, 4) is 0 Å². The Bertz CT molecular complexity index is 928. The maximum atomic E-state index is 12.6. The molecule has 0 aliphatic heterocycles. The normalized spacial score (nSPS) is 12.2. The van der Waals surface area contributed by atoms with Gasteiger partial charge in [-0.05, 0) is 31.5 Å². The van der Waals surface area contributed by atoms with Gasteiger partial charge in [-0.1, -0.05) is 25.1 Å². The number of carbonyl (C=O) groups excluding carboxylic acids is 1. The number of nitrogens with one attached hydrogen (secondary N) is 2. The molecule has 0 saturated heterocycles. The van der Waals surface area contributed by atoms with Crippen LogP contribution in [0.25, 0.3) is 0 Å². The number of hydrogen-bond donors (Lipinski definition) is 2. The van der Waals surface area contributed by atoms with Crippen molar-refractivity contribution in [1.29, 1.82) is 0 Å². The van der Waals surface area contributed by atoms with Crippen molar-refractivity contribution < 1.29 is 18.1 Å². The maximum Gasteiger partial charge on any atom is 0.270 e. The Morgan fingerprint density at radius 2 is 1.88 bits per heavy atom. The highest BCUT2D eigenvalue weighted by Gasteiger charge is 2.21. The van der Waals surface area contributed by atoms with Gasteiger partial charge in [-0.2, -0.15) is 0 Å². The molecule has 0 unspecified atom stereocenters. The minimum Gasteiger partial charge on any atom is -0.350 e. The first-order valence-corrected chi connectivity index (χ1v) is 9.40. The zero-order valence-electron chi connectivity index (χ0n) is 14.3. The third kappa shape index (κ3) is 4.57. The lowest BCUT2D eigenvalue weighted by Gasteiger charge is -2.15. The molecule has 0 aliphatic carbocycles. The van der Waals surface area contributed by atoms with Crippen LogP contribution in [-0.4, -0.2) is 25.3 Å². The number of rotatable bonds is 7. The van der Waals surface area contributed by atoms with Crippen molar-refractivity contribution in [1.82, 2.24) is 5.32 Å². The van der Waals surface area contributed by atoms with Gasteiger partial charge in [0.2, 0.25) is 0 Å². The van der Waals surface area contributed by atoms with Crippen LogP contribution in [-0.2, 0) is 10.0 Å². The smallest absolute Gasteiger partial charge is 0.270 e. The zero-order valence-corrected chi connectivity index (χ0v) is 15.1. The van der Waals surface area contributed by atoms with Crippen molar-refractivity contribution in [2.24, 2.45) is 0 Å². The summed E-state index contributed by atoms with van der Waals surface area (Å²) in [6.45, 7) is 3.76. The van der Waals surface area contributed by atoms with Crippen LogP contribution in [0.4, 0.5) is 11.4 Å². The Labute approximate surface area is 151 Å². The van der Waals surface area contributed by atoms with Crippen molar-refractivity contribution in [3.63, 3.8) is 0 Å². The molecule has 26 heavy (non-hydrogen) atoms. The van der Waals surface area contributed by atoms with E-state index >= 15 is 0 Å². The second-order valence-corrected chi connectivity index (χ2v) is 7.37. The Kier molecular flexibility index (Phi) is 5.93. The summed E-state index contributed by atoms with van der Waals surface area (Å²) in [6.07, 6.45) is 0.729. The highest BCUT2D eigenvalue weighted by Crippen LogP contribution is 2.23. The molecule has 8 nitrogen and oxygen atoms in total. The number of nitro groups is 1. The molecule has 2 aromatic rings. The van der Waals surface area contributed by atoms with Crippen LogP contribution in [0.5, 0.6) is 0 Å². The molecule has 9 heteroatoms. The summed E-state index contributed by atoms with van der Waals surface area (Å²) in [7, 11) is -4.09. The third-order valence-electron chi connectivity index (χ3n) is 3.74. The second-order valence-electron chi connectivity index (χ2n) is 5.69. The monoisotopic (exact) mass is 377 g/mol. The molecule has 0 aliphatic rings. The summed E-state index contributed by atoms with van der Waals surface area (Å²) < 4.78 is 27.5. The summed E-state index contributed by atoms with van der Waals surface area (Å²) in [5.41, 5.74) is -0.0720. The van der Waals surface area contributed by atoms with Gasteiger partial charge in [0.05, 0.1) is 21.1 Å². The average Bonchev–Trinajstić information content (AvgIpc) is 2.61. The van der Waals surface area contributed by atoms with Crippen molar-refractivity contribution in [2.75, 3.05) is 4.72 Å². The van der Waals surface area contributed by atoms with E-state index in [1.807, 2.05) is 13.8 Å². The number of amides is 1. The standard InChI is InChI=1S/C17H19N3O5S/c1-3-12(2)18-17(21)15-9-4-5-10-16(15)19-26(24,25)14-8-6-7-13(11-14)20(22)23/h4-12,19H,3H2,1-2H3,(H,18,21)/t12-/m0/s1. The molecule has 0 heterocycles. The van der Waals surface area contributed by atoms with Gasteiger partial charge in [0.15, 0.2) is 0 Å². The molecule has 2 N–H and O–H groups in total. The van der Waals surface area contributed by atoms with Crippen LogP contribution in [0.3, 0.4) is 0 Å². The number of nitro benzene ring substituents is 1. The molecule has 138 valence electrons. The zero-order chi connectivity index (χ0) is 19.3. The molecule has 0 fully saturated rings. The highest BCUT2D eigenvalue weighted by atomic mass is 32.2. The second kappa shape index (κ2) is 7.96. The lowest BCUT2D eigenvalue weighted by atomic mass is 10.1. The van der Waals surface area contributed by atoms with Gasteiger partial charge < -0.3 is 5.32 Å². The topological polar surface area (TPSA) is 118 Å². The summed E-state index contributed by atoms with van der Waals surface area (Å²) in [5, 5.41) is 13.6. The van der Waals surface area contributed by atoms with Gasteiger partial charge in [0.1, 0.15) is 0 Å². The Balaban J connectivity index is 2.34. The van der Waals surface area contributed by atoms with E-state index in [4.69, 9.17) is 0 Å². The number of hydrogen-bond acceptors (Lipinski definition) is 5. The van der Waals surface area contributed by atoms with Crippen molar-refractivity contribution in [2.45, 2.75) is 31.2 Å². The van der Waals surface area contributed by atoms with Crippen molar-refractivity contribution >= 4 is 27.3 Å². The van der Waals surface area contributed by atoms with Crippen LogP contribution in [0.1, 0.15) is 30.6 Å². The number of anilines is 1. The van der Waals surface area contributed by atoms with Crippen LogP contribution in [0.15, 0.2) is 53.4 Å². The Morgan fingerprint density at radius 3 is 2.54 bits per heavy atom. The fourth-order valence-corrected chi connectivity index (χ4v) is 3.26. The largest absolute Gasteiger partial charge is 0.350 e. The minimum atomic E-state index is -4.09. The molecular weight excluding hydrogens is 358 g/mol. The molecular formula is C17H19N3O5S. The number of para-hydroxylation sites is 1. The van der Waals surface area contributed by atoms with Crippen molar-refractivity contribution in [3.05, 3.63) is 64.2 Å². The minimum absolute atomic E-state index is 0.0658. The Morgan fingerprint density at radius 1 is 1.19 bits per heavy atom. The van der Waals surface area contributed by atoms with E-state index < -0.39 is 20.9 Å². The summed E-state index contributed by atoms with van der Waals surface area (Å²) in [5.74, 6) is -0.406. The van der Waals surface area contributed by atoms with E-state index in [2.05, 4.69) is 10.0 Å². The first-order chi connectivity index (χ1) is 12.2.